The van der Waals surface area contributed by atoms with Gasteiger partial charge in [-0.3, -0.25) is 14.2 Å². The van der Waals surface area contributed by atoms with Gasteiger partial charge in [-0.1, -0.05) is 41.7 Å². The normalized spacial score (nSPS) is 15.5. The lowest BCUT2D eigenvalue weighted by Gasteiger charge is -2.29. The SMILES string of the molecule is CCN(CC)C(=O)C1=C(C)N=c2s/c(=C/c3ccc(OC)cc3)c(=O)n2[C@@H]1c1ccccc1OC. The predicted octanol–water partition coefficient (Wildman–Crippen LogP) is 3.12. The standard InChI is InChI=1S/C27H29N3O4S/c1-6-29(7-2)26(32)23-17(3)28-27-30(24(23)20-10-8-9-11-21(20)34-5)25(31)22(35-27)16-18-12-14-19(33-4)15-13-18/h8-16,24H,6-7H2,1-5H3/b22-16+/t24-/m1/s1. The lowest BCUT2D eigenvalue weighted by molar-refractivity contribution is -0.127. The summed E-state index contributed by atoms with van der Waals surface area (Å²) in [4.78, 5) is 34.5. The minimum atomic E-state index is -0.645. The third-order valence-electron chi connectivity index (χ3n) is 6.15. The van der Waals surface area contributed by atoms with Crippen molar-refractivity contribution in [2.24, 2.45) is 4.99 Å². The highest BCUT2D eigenvalue weighted by molar-refractivity contribution is 7.07. The number of allylic oxidation sites excluding steroid dienone is 1. The summed E-state index contributed by atoms with van der Waals surface area (Å²) in [6, 6.07) is 14.4. The summed E-state index contributed by atoms with van der Waals surface area (Å²) in [7, 11) is 3.21. The number of methoxy groups -OCH3 is 2. The molecule has 2 aromatic carbocycles. The highest BCUT2D eigenvalue weighted by Crippen LogP contribution is 2.36. The Morgan fingerprint density at radius 3 is 2.40 bits per heavy atom. The summed E-state index contributed by atoms with van der Waals surface area (Å²) >= 11 is 1.31. The fourth-order valence-corrected chi connectivity index (χ4v) is 5.36. The highest BCUT2D eigenvalue weighted by atomic mass is 32.1. The van der Waals surface area contributed by atoms with Crippen LogP contribution in [0.5, 0.6) is 11.5 Å². The van der Waals surface area contributed by atoms with Gasteiger partial charge in [0.25, 0.3) is 11.5 Å². The molecule has 0 N–H and O–H groups in total. The van der Waals surface area contributed by atoms with Gasteiger partial charge >= 0.3 is 0 Å². The van der Waals surface area contributed by atoms with Crippen molar-refractivity contribution in [2.45, 2.75) is 26.8 Å². The van der Waals surface area contributed by atoms with Crippen molar-refractivity contribution >= 4 is 23.3 Å². The minimum Gasteiger partial charge on any atom is -0.497 e. The summed E-state index contributed by atoms with van der Waals surface area (Å²) in [6.45, 7) is 6.85. The molecule has 0 radical (unpaired) electrons. The smallest absolute Gasteiger partial charge is 0.271 e. The van der Waals surface area contributed by atoms with E-state index < -0.39 is 6.04 Å². The van der Waals surface area contributed by atoms with Crippen molar-refractivity contribution in [1.82, 2.24) is 9.47 Å². The second-order valence-corrected chi connectivity index (χ2v) is 9.08. The first-order valence-corrected chi connectivity index (χ1v) is 12.3. The summed E-state index contributed by atoms with van der Waals surface area (Å²) in [5.41, 5.74) is 2.52. The van der Waals surface area contributed by atoms with Crippen LogP contribution in [0.15, 0.2) is 69.6 Å². The van der Waals surface area contributed by atoms with Gasteiger partial charge in [0, 0.05) is 18.7 Å². The zero-order valence-electron chi connectivity index (χ0n) is 20.6. The van der Waals surface area contributed by atoms with Gasteiger partial charge in [0.1, 0.15) is 17.5 Å². The number of fused-ring (bicyclic) bond motifs is 1. The molecule has 0 saturated carbocycles. The number of benzene rings is 2. The first-order chi connectivity index (χ1) is 16.9. The molecule has 0 aliphatic carbocycles. The average molecular weight is 492 g/mol. The summed E-state index contributed by atoms with van der Waals surface area (Å²) in [5.74, 6) is 1.23. The minimum absolute atomic E-state index is 0.128. The molecule has 1 atom stereocenters. The maximum Gasteiger partial charge on any atom is 0.271 e. The van der Waals surface area contributed by atoms with Crippen molar-refractivity contribution in [3.63, 3.8) is 0 Å². The van der Waals surface area contributed by atoms with Gasteiger partial charge < -0.3 is 14.4 Å². The number of thiazole rings is 1. The molecule has 182 valence electrons. The third kappa shape index (κ3) is 4.53. The molecule has 7 nitrogen and oxygen atoms in total. The van der Waals surface area contributed by atoms with Crippen LogP contribution in [0.2, 0.25) is 0 Å². The molecular weight excluding hydrogens is 462 g/mol. The van der Waals surface area contributed by atoms with E-state index in [-0.39, 0.29) is 11.5 Å². The first-order valence-electron chi connectivity index (χ1n) is 11.5. The molecule has 1 aromatic heterocycles. The van der Waals surface area contributed by atoms with Crippen LogP contribution in [0.3, 0.4) is 0 Å². The van der Waals surface area contributed by atoms with Crippen LogP contribution in [-0.4, -0.2) is 42.7 Å². The van der Waals surface area contributed by atoms with Gasteiger partial charge in [0.2, 0.25) is 0 Å². The van der Waals surface area contributed by atoms with E-state index in [4.69, 9.17) is 14.5 Å². The molecule has 0 spiro atoms. The van der Waals surface area contributed by atoms with Gasteiger partial charge in [-0.25, -0.2) is 4.99 Å². The fourth-order valence-electron chi connectivity index (χ4n) is 4.31. The van der Waals surface area contributed by atoms with Crippen LogP contribution in [0.4, 0.5) is 0 Å². The third-order valence-corrected chi connectivity index (χ3v) is 7.13. The lowest BCUT2D eigenvalue weighted by Crippen LogP contribution is -2.43. The lowest BCUT2D eigenvalue weighted by atomic mass is 9.94. The van der Waals surface area contributed by atoms with E-state index in [2.05, 4.69) is 0 Å². The van der Waals surface area contributed by atoms with Gasteiger partial charge in [-0.2, -0.15) is 0 Å². The number of carbonyl (C=O) groups excluding carboxylic acids is 1. The molecule has 8 heteroatoms. The van der Waals surface area contributed by atoms with Crippen LogP contribution in [0.25, 0.3) is 6.08 Å². The Hall–Kier alpha value is -3.65. The number of likely N-dealkylation sites (N-methyl/N-ethyl adjacent to an activating group) is 1. The van der Waals surface area contributed by atoms with Gasteiger partial charge in [-0.15, -0.1) is 0 Å². The molecule has 0 bridgehead atoms. The fraction of sp³-hybridized carbons (Fsp3) is 0.296. The number of aromatic nitrogens is 1. The summed E-state index contributed by atoms with van der Waals surface area (Å²) in [6.07, 6.45) is 1.84. The predicted molar refractivity (Wildman–Crippen MR) is 138 cm³/mol. The Balaban J connectivity index is 1.96. The van der Waals surface area contributed by atoms with Crippen LogP contribution in [-0.2, 0) is 4.79 Å². The Labute approximate surface area is 208 Å². The molecule has 3 aromatic rings. The monoisotopic (exact) mass is 491 g/mol. The van der Waals surface area contributed by atoms with E-state index in [1.807, 2.05) is 75.4 Å². The topological polar surface area (TPSA) is 73.1 Å². The van der Waals surface area contributed by atoms with E-state index in [1.165, 1.54) is 11.3 Å². The Morgan fingerprint density at radius 1 is 1.09 bits per heavy atom. The number of nitrogens with zero attached hydrogens (tertiary/aromatic N) is 3. The highest BCUT2D eigenvalue weighted by Gasteiger charge is 2.35. The number of carbonyl (C=O) groups is 1. The molecule has 1 aliphatic heterocycles. The molecule has 4 rings (SSSR count). The van der Waals surface area contributed by atoms with E-state index in [9.17, 15) is 9.59 Å². The van der Waals surface area contributed by atoms with E-state index in [1.54, 1.807) is 23.7 Å². The van der Waals surface area contributed by atoms with Crippen LogP contribution in [0, 0.1) is 0 Å². The number of amides is 1. The zero-order valence-corrected chi connectivity index (χ0v) is 21.4. The van der Waals surface area contributed by atoms with Crippen molar-refractivity contribution in [3.8, 4) is 11.5 Å². The molecule has 2 heterocycles. The summed E-state index contributed by atoms with van der Waals surface area (Å²) < 4.78 is 13.0. The Kier molecular flexibility index (Phi) is 7.21. The number of ether oxygens (including phenoxy) is 2. The van der Waals surface area contributed by atoms with Crippen LogP contribution >= 0.6 is 11.3 Å². The summed E-state index contributed by atoms with van der Waals surface area (Å²) in [5, 5.41) is 0. The largest absolute Gasteiger partial charge is 0.497 e. The molecule has 0 unspecified atom stereocenters. The number of hydrogen-bond acceptors (Lipinski definition) is 6. The molecule has 1 amide bonds. The van der Waals surface area contributed by atoms with Crippen molar-refractivity contribution < 1.29 is 14.3 Å². The van der Waals surface area contributed by atoms with Gasteiger partial charge in [0.15, 0.2) is 4.80 Å². The van der Waals surface area contributed by atoms with Crippen molar-refractivity contribution in [1.29, 1.82) is 0 Å². The second kappa shape index (κ2) is 10.3. The number of rotatable bonds is 7. The molecule has 1 aliphatic rings. The van der Waals surface area contributed by atoms with Crippen LogP contribution < -0.4 is 24.4 Å². The van der Waals surface area contributed by atoms with Gasteiger partial charge in [-0.05, 0) is 50.6 Å². The van der Waals surface area contributed by atoms with Gasteiger partial charge in [0.05, 0.1) is 30.0 Å². The number of para-hydroxylation sites is 1. The van der Waals surface area contributed by atoms with E-state index in [0.717, 1.165) is 16.9 Å². The van der Waals surface area contributed by atoms with E-state index >= 15 is 0 Å². The second-order valence-electron chi connectivity index (χ2n) is 8.07. The molecular formula is C27H29N3O4S. The van der Waals surface area contributed by atoms with Crippen molar-refractivity contribution in [3.05, 3.63) is 90.6 Å². The van der Waals surface area contributed by atoms with Crippen LogP contribution in [0.1, 0.15) is 37.9 Å². The average Bonchev–Trinajstić information content (AvgIpc) is 3.18. The molecule has 0 fully saturated rings. The molecule has 0 saturated heterocycles. The Morgan fingerprint density at radius 2 is 1.77 bits per heavy atom. The Bertz CT molecular complexity index is 1450. The molecule has 35 heavy (non-hydrogen) atoms. The number of hydrogen-bond donors (Lipinski definition) is 0. The van der Waals surface area contributed by atoms with E-state index in [0.29, 0.717) is 39.4 Å². The quantitative estimate of drug-likeness (QED) is 0.509. The first kappa shape index (κ1) is 24.5. The maximum absolute atomic E-state index is 13.8. The van der Waals surface area contributed by atoms with Crippen molar-refractivity contribution in [2.75, 3.05) is 27.3 Å². The zero-order chi connectivity index (χ0) is 25.1. The maximum atomic E-state index is 13.8.